The van der Waals surface area contributed by atoms with E-state index >= 15 is 0 Å². The molecule has 21 heavy (non-hydrogen) atoms. The molecule has 6 nitrogen and oxygen atoms in total. The highest BCUT2D eigenvalue weighted by Gasteiger charge is 2.11. The van der Waals surface area contributed by atoms with E-state index in [1.807, 2.05) is 32.9 Å². The topological polar surface area (TPSA) is 89.3 Å². The summed E-state index contributed by atoms with van der Waals surface area (Å²) in [6, 6.07) is 7.21. The number of rotatable bonds is 3. The molecule has 1 heterocycles. The zero-order chi connectivity index (χ0) is 15.5. The maximum absolute atomic E-state index is 5.84. The van der Waals surface area contributed by atoms with Crippen LogP contribution in [0.3, 0.4) is 0 Å². The van der Waals surface area contributed by atoms with Gasteiger partial charge in [-0.1, -0.05) is 16.8 Å². The van der Waals surface area contributed by atoms with Gasteiger partial charge < -0.3 is 15.6 Å². The molecule has 0 fully saturated rings. The van der Waals surface area contributed by atoms with E-state index in [-0.39, 0.29) is 12.1 Å². The van der Waals surface area contributed by atoms with E-state index in [1.54, 1.807) is 12.1 Å². The van der Waals surface area contributed by atoms with Crippen LogP contribution in [0.2, 0.25) is 5.02 Å². The lowest BCUT2D eigenvalue weighted by atomic mass is 10.1. The monoisotopic (exact) mass is 307 g/mol. The Morgan fingerprint density at radius 3 is 2.62 bits per heavy atom. The van der Waals surface area contributed by atoms with Crippen molar-refractivity contribution in [2.24, 2.45) is 10.7 Å². The van der Waals surface area contributed by atoms with Gasteiger partial charge in [0, 0.05) is 16.1 Å². The molecule has 0 amide bonds. The van der Waals surface area contributed by atoms with Crippen molar-refractivity contribution in [1.29, 1.82) is 0 Å². The SMILES string of the molecule is CC(C)(C)NC(N)=NCc1nc(-c2ccc(Cl)cc2)no1. The zero-order valence-electron chi connectivity index (χ0n) is 12.2. The van der Waals surface area contributed by atoms with Crippen LogP contribution in [-0.4, -0.2) is 21.6 Å². The molecule has 3 N–H and O–H groups in total. The fourth-order valence-corrected chi connectivity index (χ4v) is 1.74. The molecule has 0 unspecified atom stereocenters. The number of hydrogen-bond donors (Lipinski definition) is 2. The molecule has 2 rings (SSSR count). The number of aromatic nitrogens is 2. The predicted octanol–water partition coefficient (Wildman–Crippen LogP) is 2.59. The summed E-state index contributed by atoms with van der Waals surface area (Å²) in [5.41, 5.74) is 6.47. The minimum absolute atomic E-state index is 0.142. The predicted molar refractivity (Wildman–Crippen MR) is 83.0 cm³/mol. The molecule has 0 aliphatic heterocycles. The second kappa shape index (κ2) is 6.13. The summed E-state index contributed by atoms with van der Waals surface area (Å²) >= 11 is 5.84. The van der Waals surface area contributed by atoms with Crippen LogP contribution in [0.1, 0.15) is 26.7 Å². The number of nitrogens with zero attached hydrogens (tertiary/aromatic N) is 3. The molecule has 0 bridgehead atoms. The fourth-order valence-electron chi connectivity index (χ4n) is 1.61. The van der Waals surface area contributed by atoms with Crippen molar-refractivity contribution in [3.63, 3.8) is 0 Å². The van der Waals surface area contributed by atoms with E-state index in [9.17, 15) is 0 Å². The van der Waals surface area contributed by atoms with Crippen molar-refractivity contribution in [3.05, 3.63) is 35.2 Å². The summed E-state index contributed by atoms with van der Waals surface area (Å²) in [5, 5.41) is 7.63. The molecule has 0 saturated carbocycles. The lowest BCUT2D eigenvalue weighted by Crippen LogP contribution is -2.44. The van der Waals surface area contributed by atoms with Crippen LogP contribution in [0.4, 0.5) is 0 Å². The quantitative estimate of drug-likeness (QED) is 0.672. The molecule has 0 saturated heterocycles. The Morgan fingerprint density at radius 1 is 1.33 bits per heavy atom. The van der Waals surface area contributed by atoms with Gasteiger partial charge in [0.15, 0.2) is 5.96 Å². The van der Waals surface area contributed by atoms with E-state index in [0.29, 0.717) is 22.7 Å². The van der Waals surface area contributed by atoms with Gasteiger partial charge in [-0.2, -0.15) is 4.98 Å². The van der Waals surface area contributed by atoms with Gasteiger partial charge in [-0.15, -0.1) is 0 Å². The lowest BCUT2D eigenvalue weighted by Gasteiger charge is -2.20. The number of aliphatic imine (C=N–C) groups is 1. The number of guanidine groups is 1. The van der Waals surface area contributed by atoms with Crippen molar-refractivity contribution >= 4 is 17.6 Å². The molecule has 2 aromatic rings. The van der Waals surface area contributed by atoms with Crippen LogP contribution < -0.4 is 11.1 Å². The van der Waals surface area contributed by atoms with Crippen LogP contribution in [0.5, 0.6) is 0 Å². The zero-order valence-corrected chi connectivity index (χ0v) is 13.0. The van der Waals surface area contributed by atoms with Crippen molar-refractivity contribution in [3.8, 4) is 11.4 Å². The highest BCUT2D eigenvalue weighted by atomic mass is 35.5. The van der Waals surface area contributed by atoms with Crippen LogP contribution in [-0.2, 0) is 6.54 Å². The van der Waals surface area contributed by atoms with Gasteiger partial charge in [0.25, 0.3) is 0 Å². The molecule has 0 radical (unpaired) electrons. The molecule has 0 atom stereocenters. The van der Waals surface area contributed by atoms with Gasteiger partial charge in [0.2, 0.25) is 11.7 Å². The Balaban J connectivity index is 2.03. The van der Waals surface area contributed by atoms with Crippen LogP contribution in [0, 0.1) is 0 Å². The van der Waals surface area contributed by atoms with Gasteiger partial charge >= 0.3 is 0 Å². The Hall–Kier alpha value is -2.08. The highest BCUT2D eigenvalue weighted by molar-refractivity contribution is 6.30. The maximum atomic E-state index is 5.84. The van der Waals surface area contributed by atoms with Crippen molar-refractivity contribution in [2.75, 3.05) is 0 Å². The molecule has 7 heteroatoms. The summed E-state index contributed by atoms with van der Waals surface area (Å²) < 4.78 is 5.15. The lowest BCUT2D eigenvalue weighted by molar-refractivity contribution is 0.380. The number of nitrogens with two attached hydrogens (primary N) is 1. The third kappa shape index (κ3) is 4.75. The minimum atomic E-state index is -0.142. The highest BCUT2D eigenvalue weighted by Crippen LogP contribution is 2.18. The first-order valence-electron chi connectivity index (χ1n) is 6.50. The first-order valence-corrected chi connectivity index (χ1v) is 6.88. The molecular weight excluding hydrogens is 290 g/mol. The van der Waals surface area contributed by atoms with Crippen molar-refractivity contribution in [2.45, 2.75) is 32.9 Å². The summed E-state index contributed by atoms with van der Waals surface area (Å²) in [6.45, 7) is 6.23. The van der Waals surface area contributed by atoms with Crippen LogP contribution in [0.25, 0.3) is 11.4 Å². The molecule has 1 aromatic carbocycles. The van der Waals surface area contributed by atoms with Gasteiger partial charge in [-0.25, -0.2) is 4.99 Å². The first kappa shape index (κ1) is 15.3. The normalized spacial score (nSPS) is 12.5. The number of benzene rings is 1. The Labute approximate surface area is 128 Å². The maximum Gasteiger partial charge on any atom is 0.248 e. The third-order valence-electron chi connectivity index (χ3n) is 2.46. The Bertz CT molecular complexity index is 628. The Morgan fingerprint density at radius 2 is 2.00 bits per heavy atom. The van der Waals surface area contributed by atoms with Gasteiger partial charge in [-0.05, 0) is 45.0 Å². The number of hydrogen-bond acceptors (Lipinski definition) is 4. The smallest absolute Gasteiger partial charge is 0.248 e. The van der Waals surface area contributed by atoms with Gasteiger partial charge in [-0.3, -0.25) is 0 Å². The second-order valence-corrected chi connectivity index (χ2v) is 6.03. The molecule has 0 spiro atoms. The molecule has 1 aromatic heterocycles. The van der Waals surface area contributed by atoms with E-state index in [2.05, 4.69) is 20.4 Å². The first-order chi connectivity index (χ1) is 9.83. The van der Waals surface area contributed by atoms with E-state index in [1.165, 1.54) is 0 Å². The number of nitrogens with one attached hydrogen (secondary N) is 1. The summed E-state index contributed by atoms with van der Waals surface area (Å²) in [4.78, 5) is 8.43. The average Bonchev–Trinajstić information content (AvgIpc) is 2.84. The summed E-state index contributed by atoms with van der Waals surface area (Å²) in [7, 11) is 0. The van der Waals surface area contributed by atoms with Crippen LogP contribution in [0.15, 0.2) is 33.8 Å². The third-order valence-corrected chi connectivity index (χ3v) is 2.71. The van der Waals surface area contributed by atoms with Gasteiger partial charge in [0.05, 0.1) is 0 Å². The van der Waals surface area contributed by atoms with Crippen molar-refractivity contribution < 1.29 is 4.52 Å². The van der Waals surface area contributed by atoms with E-state index in [4.69, 9.17) is 21.9 Å². The molecule has 0 aliphatic carbocycles. The van der Waals surface area contributed by atoms with Crippen molar-refractivity contribution in [1.82, 2.24) is 15.5 Å². The summed E-state index contributed by atoms with van der Waals surface area (Å²) in [6.07, 6.45) is 0. The van der Waals surface area contributed by atoms with Crippen LogP contribution >= 0.6 is 11.6 Å². The molecule has 112 valence electrons. The fraction of sp³-hybridized carbons (Fsp3) is 0.357. The second-order valence-electron chi connectivity index (χ2n) is 5.60. The number of halogens is 1. The summed E-state index contributed by atoms with van der Waals surface area (Å²) in [5.74, 6) is 1.24. The molecule has 0 aliphatic rings. The molecular formula is C14H18ClN5O. The van der Waals surface area contributed by atoms with E-state index in [0.717, 1.165) is 5.56 Å². The van der Waals surface area contributed by atoms with Gasteiger partial charge in [0.1, 0.15) is 6.54 Å². The Kier molecular flexibility index (Phi) is 4.47. The standard InChI is InChI=1S/C14H18ClN5O/c1-14(2,3)19-13(16)17-8-11-18-12(20-21-11)9-4-6-10(15)7-5-9/h4-7H,8H2,1-3H3,(H3,16,17,19). The largest absolute Gasteiger partial charge is 0.370 e. The average molecular weight is 308 g/mol. The van der Waals surface area contributed by atoms with E-state index < -0.39 is 0 Å². The minimum Gasteiger partial charge on any atom is -0.370 e.